The number of hydrogen-bond donors (Lipinski definition) is 0. The van der Waals surface area contributed by atoms with Gasteiger partial charge in [0.1, 0.15) is 5.83 Å². The lowest BCUT2D eigenvalue weighted by atomic mass is 9.99. The van der Waals surface area contributed by atoms with Gasteiger partial charge in [-0.05, 0) is 37.6 Å². The average molecular weight is 194 g/mol. The molecule has 0 saturated carbocycles. The third-order valence-electron chi connectivity index (χ3n) is 2.18. The Hall–Kier alpha value is -0.890. The molecule has 0 amide bonds. The van der Waals surface area contributed by atoms with Gasteiger partial charge in [-0.2, -0.15) is 0 Å². The molecule has 68 valence electrons. The van der Waals surface area contributed by atoms with Gasteiger partial charge in [-0.25, -0.2) is 4.39 Å². The summed E-state index contributed by atoms with van der Waals surface area (Å²) in [5.41, 5.74) is 0. The van der Waals surface area contributed by atoms with Crippen LogP contribution in [0.1, 0.15) is 22.1 Å². The van der Waals surface area contributed by atoms with Crippen LogP contribution in [0.3, 0.4) is 0 Å². The fourth-order valence-corrected chi connectivity index (χ4v) is 2.43. The molecule has 0 saturated heterocycles. The van der Waals surface area contributed by atoms with Crippen LogP contribution in [-0.4, -0.2) is 0 Å². The van der Waals surface area contributed by atoms with Crippen molar-refractivity contribution >= 4 is 11.3 Å². The number of allylic oxidation sites excluding steroid dienone is 4. The van der Waals surface area contributed by atoms with Crippen LogP contribution in [0.5, 0.6) is 0 Å². The zero-order valence-electron chi connectivity index (χ0n) is 7.46. The molecule has 13 heavy (non-hydrogen) atoms. The highest BCUT2D eigenvalue weighted by molar-refractivity contribution is 7.12. The first-order valence-corrected chi connectivity index (χ1v) is 5.17. The van der Waals surface area contributed by atoms with Crippen molar-refractivity contribution in [3.63, 3.8) is 0 Å². The molecule has 0 fully saturated rings. The van der Waals surface area contributed by atoms with E-state index in [1.807, 2.05) is 6.08 Å². The number of hydrogen-bond acceptors (Lipinski definition) is 1. The van der Waals surface area contributed by atoms with Gasteiger partial charge in [-0.3, -0.25) is 0 Å². The predicted molar refractivity (Wildman–Crippen MR) is 54.7 cm³/mol. The Bertz CT molecular complexity index is 360. The van der Waals surface area contributed by atoms with Crippen molar-refractivity contribution < 1.29 is 4.39 Å². The molecular weight excluding hydrogens is 183 g/mol. The lowest BCUT2D eigenvalue weighted by molar-refractivity contribution is 0.644. The number of aryl methyl sites for hydroxylation is 1. The molecule has 2 rings (SSSR count). The highest BCUT2D eigenvalue weighted by atomic mass is 32.1. The van der Waals surface area contributed by atoms with Crippen LogP contribution in [0.15, 0.2) is 36.2 Å². The van der Waals surface area contributed by atoms with Crippen molar-refractivity contribution in [2.24, 2.45) is 0 Å². The summed E-state index contributed by atoms with van der Waals surface area (Å²) in [5.74, 6) is 0.280. The second-order valence-electron chi connectivity index (χ2n) is 3.24. The summed E-state index contributed by atoms with van der Waals surface area (Å²) >= 11 is 1.79. The van der Waals surface area contributed by atoms with Crippen LogP contribution in [0, 0.1) is 6.92 Å². The van der Waals surface area contributed by atoms with Gasteiger partial charge in [-0.15, -0.1) is 11.3 Å². The zero-order valence-corrected chi connectivity index (χ0v) is 8.27. The SMILES string of the molecule is Cc1ccc(C2C=CC(F)=CC2)s1. The summed E-state index contributed by atoms with van der Waals surface area (Å²) in [6, 6.07) is 4.24. The fraction of sp³-hybridized carbons (Fsp3) is 0.273. The molecule has 2 heteroatoms. The zero-order chi connectivity index (χ0) is 9.26. The minimum atomic E-state index is -0.107. The molecule has 1 unspecified atom stereocenters. The van der Waals surface area contributed by atoms with E-state index in [-0.39, 0.29) is 5.83 Å². The molecule has 1 aliphatic carbocycles. The van der Waals surface area contributed by atoms with Crippen LogP contribution in [0.25, 0.3) is 0 Å². The second-order valence-corrected chi connectivity index (χ2v) is 4.56. The Balaban J connectivity index is 2.17. The predicted octanol–water partition coefficient (Wildman–Crippen LogP) is 3.95. The van der Waals surface area contributed by atoms with E-state index in [0.29, 0.717) is 5.92 Å². The Morgan fingerprint density at radius 1 is 1.46 bits per heavy atom. The van der Waals surface area contributed by atoms with Crippen molar-refractivity contribution in [2.45, 2.75) is 19.3 Å². The standard InChI is InChI=1S/C11H11FS/c1-8-2-7-11(13-8)9-3-5-10(12)6-4-9/h2-3,5-7,9H,4H2,1H3. The summed E-state index contributed by atoms with van der Waals surface area (Å²) < 4.78 is 12.7. The summed E-state index contributed by atoms with van der Waals surface area (Å²) in [4.78, 5) is 2.65. The topological polar surface area (TPSA) is 0 Å². The van der Waals surface area contributed by atoms with Crippen LogP contribution >= 0.6 is 11.3 Å². The Morgan fingerprint density at radius 3 is 2.85 bits per heavy atom. The molecule has 1 aromatic rings. The van der Waals surface area contributed by atoms with Gasteiger partial charge >= 0.3 is 0 Å². The van der Waals surface area contributed by atoms with E-state index in [0.717, 1.165) is 6.42 Å². The van der Waals surface area contributed by atoms with E-state index in [1.54, 1.807) is 23.5 Å². The van der Waals surface area contributed by atoms with Crippen LogP contribution in [0.2, 0.25) is 0 Å². The van der Waals surface area contributed by atoms with Gasteiger partial charge in [-0.1, -0.05) is 6.08 Å². The monoisotopic (exact) mass is 194 g/mol. The molecule has 0 aliphatic heterocycles. The van der Waals surface area contributed by atoms with E-state index < -0.39 is 0 Å². The quantitative estimate of drug-likeness (QED) is 0.635. The molecule has 0 nitrogen and oxygen atoms in total. The van der Waals surface area contributed by atoms with Crippen molar-refractivity contribution in [1.82, 2.24) is 0 Å². The van der Waals surface area contributed by atoms with Crippen molar-refractivity contribution in [3.05, 3.63) is 45.9 Å². The molecule has 1 aromatic heterocycles. The summed E-state index contributed by atoms with van der Waals surface area (Å²) in [6.07, 6.45) is 5.95. The molecule has 0 bridgehead atoms. The first-order chi connectivity index (χ1) is 6.25. The van der Waals surface area contributed by atoms with E-state index in [2.05, 4.69) is 19.1 Å². The van der Waals surface area contributed by atoms with Gasteiger partial charge in [0.15, 0.2) is 0 Å². The van der Waals surface area contributed by atoms with E-state index in [1.165, 1.54) is 9.75 Å². The maximum Gasteiger partial charge on any atom is 0.118 e. The molecule has 1 aliphatic rings. The average Bonchev–Trinajstić information content (AvgIpc) is 2.53. The fourth-order valence-electron chi connectivity index (χ4n) is 1.46. The van der Waals surface area contributed by atoms with Crippen LogP contribution < -0.4 is 0 Å². The highest BCUT2D eigenvalue weighted by Gasteiger charge is 2.12. The summed E-state index contributed by atoms with van der Waals surface area (Å²) in [6.45, 7) is 2.09. The van der Waals surface area contributed by atoms with Gasteiger partial charge in [0.05, 0.1) is 0 Å². The number of thiophene rings is 1. The number of halogens is 1. The molecular formula is C11H11FS. The maximum absolute atomic E-state index is 12.7. The van der Waals surface area contributed by atoms with Gasteiger partial charge in [0, 0.05) is 15.7 Å². The highest BCUT2D eigenvalue weighted by Crippen LogP contribution is 2.31. The molecule has 0 radical (unpaired) electrons. The molecule has 0 aromatic carbocycles. The van der Waals surface area contributed by atoms with Crippen molar-refractivity contribution in [3.8, 4) is 0 Å². The first-order valence-electron chi connectivity index (χ1n) is 4.36. The molecule has 1 heterocycles. The third-order valence-corrected chi connectivity index (χ3v) is 3.31. The number of rotatable bonds is 1. The second kappa shape index (κ2) is 3.46. The minimum Gasteiger partial charge on any atom is -0.207 e. The Morgan fingerprint density at radius 2 is 2.31 bits per heavy atom. The van der Waals surface area contributed by atoms with E-state index >= 15 is 0 Å². The summed E-state index contributed by atoms with van der Waals surface area (Å²) in [5, 5.41) is 0. The minimum absolute atomic E-state index is 0.107. The van der Waals surface area contributed by atoms with E-state index in [4.69, 9.17) is 0 Å². The Kier molecular flexibility index (Phi) is 2.32. The van der Waals surface area contributed by atoms with Crippen molar-refractivity contribution in [2.75, 3.05) is 0 Å². The molecule has 0 spiro atoms. The lowest BCUT2D eigenvalue weighted by Gasteiger charge is -2.10. The molecule has 0 N–H and O–H groups in total. The third kappa shape index (κ3) is 1.89. The lowest BCUT2D eigenvalue weighted by Crippen LogP contribution is -1.94. The van der Waals surface area contributed by atoms with Gasteiger partial charge < -0.3 is 0 Å². The molecule has 1 atom stereocenters. The van der Waals surface area contributed by atoms with Gasteiger partial charge in [0.2, 0.25) is 0 Å². The van der Waals surface area contributed by atoms with E-state index in [9.17, 15) is 4.39 Å². The Labute approximate surface area is 81.4 Å². The van der Waals surface area contributed by atoms with Crippen LogP contribution in [0.4, 0.5) is 4.39 Å². The largest absolute Gasteiger partial charge is 0.207 e. The summed E-state index contributed by atoms with van der Waals surface area (Å²) in [7, 11) is 0. The van der Waals surface area contributed by atoms with Gasteiger partial charge in [0.25, 0.3) is 0 Å². The first kappa shape index (κ1) is 8.70. The maximum atomic E-state index is 12.7. The normalized spacial score (nSPS) is 21.7. The smallest absolute Gasteiger partial charge is 0.118 e. The van der Waals surface area contributed by atoms with Crippen LogP contribution in [-0.2, 0) is 0 Å². The van der Waals surface area contributed by atoms with Crippen molar-refractivity contribution in [1.29, 1.82) is 0 Å².